The molecule has 5 heterocycles. The molecule has 0 bridgehead atoms. The third-order valence-electron chi connectivity index (χ3n) is 5.21. The molecule has 27 heavy (non-hydrogen) atoms. The fourth-order valence-corrected chi connectivity index (χ4v) is 3.77. The summed E-state index contributed by atoms with van der Waals surface area (Å²) in [6, 6.07) is 2.09. The van der Waals surface area contributed by atoms with E-state index in [9.17, 15) is 0 Å². The second kappa shape index (κ2) is 6.19. The van der Waals surface area contributed by atoms with Crippen LogP contribution < -0.4 is 9.80 Å². The molecular formula is C18H21N9. The molecule has 9 nitrogen and oxygen atoms in total. The maximum absolute atomic E-state index is 4.58. The van der Waals surface area contributed by atoms with E-state index in [0.717, 1.165) is 66.7 Å². The molecule has 0 amide bonds. The Kier molecular flexibility index (Phi) is 3.66. The maximum Gasteiger partial charge on any atom is 0.203 e. The van der Waals surface area contributed by atoms with Crippen LogP contribution in [0.15, 0.2) is 31.0 Å². The van der Waals surface area contributed by atoms with Crippen molar-refractivity contribution in [3.8, 4) is 0 Å². The van der Waals surface area contributed by atoms with Gasteiger partial charge >= 0.3 is 0 Å². The largest absolute Gasteiger partial charge is 0.352 e. The minimum atomic E-state index is 0.829. The van der Waals surface area contributed by atoms with E-state index in [-0.39, 0.29) is 0 Å². The fourth-order valence-electron chi connectivity index (χ4n) is 3.77. The predicted octanol–water partition coefficient (Wildman–Crippen LogP) is 1.29. The van der Waals surface area contributed by atoms with E-state index in [2.05, 4.69) is 47.9 Å². The first-order valence-electron chi connectivity index (χ1n) is 9.21. The number of anilines is 2. The first-order chi connectivity index (χ1) is 13.3. The smallest absolute Gasteiger partial charge is 0.203 e. The molecule has 1 fully saturated rings. The Morgan fingerprint density at radius 1 is 0.889 bits per heavy atom. The SMILES string of the molecule is CCc1nnc2c(N3CCN(c4ncnc5c4ccn5C)CC3)nccn12. The third-order valence-corrected chi connectivity index (χ3v) is 5.21. The first kappa shape index (κ1) is 16.0. The van der Waals surface area contributed by atoms with Gasteiger partial charge in [-0.1, -0.05) is 6.92 Å². The number of fused-ring (bicyclic) bond motifs is 2. The highest BCUT2D eigenvalue weighted by Crippen LogP contribution is 2.26. The Morgan fingerprint density at radius 2 is 1.67 bits per heavy atom. The number of aromatic nitrogens is 7. The van der Waals surface area contributed by atoms with E-state index in [1.54, 1.807) is 6.33 Å². The molecule has 0 aliphatic carbocycles. The number of hydrogen-bond acceptors (Lipinski definition) is 7. The Morgan fingerprint density at radius 3 is 2.44 bits per heavy atom. The summed E-state index contributed by atoms with van der Waals surface area (Å²) < 4.78 is 4.06. The van der Waals surface area contributed by atoms with Crippen LogP contribution in [0.25, 0.3) is 16.7 Å². The molecule has 9 heteroatoms. The second-order valence-electron chi connectivity index (χ2n) is 6.75. The van der Waals surface area contributed by atoms with Gasteiger partial charge in [0.15, 0.2) is 5.82 Å². The quantitative estimate of drug-likeness (QED) is 0.543. The van der Waals surface area contributed by atoms with Crippen molar-refractivity contribution in [1.29, 1.82) is 0 Å². The highest BCUT2D eigenvalue weighted by molar-refractivity contribution is 5.88. The predicted molar refractivity (Wildman–Crippen MR) is 103 cm³/mol. The van der Waals surface area contributed by atoms with Crippen molar-refractivity contribution in [3.05, 3.63) is 36.8 Å². The van der Waals surface area contributed by atoms with Crippen LogP contribution in [0.1, 0.15) is 12.7 Å². The van der Waals surface area contributed by atoms with Gasteiger partial charge in [0.25, 0.3) is 0 Å². The Hall–Kier alpha value is -3.23. The van der Waals surface area contributed by atoms with Gasteiger partial charge in [-0.3, -0.25) is 4.40 Å². The Balaban J connectivity index is 1.41. The van der Waals surface area contributed by atoms with Crippen molar-refractivity contribution in [1.82, 2.24) is 34.1 Å². The standard InChI is InChI=1S/C18H21N9/c1-3-14-22-23-18-17(19-5-7-27(14)18)26-10-8-25(9-11-26)16-13-4-6-24(2)15(13)20-12-21-16/h4-7,12H,3,8-11H2,1-2H3. The van der Waals surface area contributed by atoms with Crippen molar-refractivity contribution >= 4 is 28.3 Å². The van der Waals surface area contributed by atoms with Crippen molar-refractivity contribution in [2.45, 2.75) is 13.3 Å². The van der Waals surface area contributed by atoms with Crippen LogP contribution >= 0.6 is 0 Å². The molecule has 1 aliphatic heterocycles. The molecular weight excluding hydrogens is 342 g/mol. The van der Waals surface area contributed by atoms with Crippen molar-refractivity contribution in [3.63, 3.8) is 0 Å². The monoisotopic (exact) mass is 363 g/mol. The van der Waals surface area contributed by atoms with Crippen LogP contribution in [-0.2, 0) is 13.5 Å². The van der Waals surface area contributed by atoms with Crippen molar-refractivity contribution in [2.75, 3.05) is 36.0 Å². The lowest BCUT2D eigenvalue weighted by Gasteiger charge is -2.36. The molecule has 0 aromatic carbocycles. The lowest BCUT2D eigenvalue weighted by molar-refractivity contribution is 0.643. The summed E-state index contributed by atoms with van der Waals surface area (Å²) >= 11 is 0. The third kappa shape index (κ3) is 2.49. The highest BCUT2D eigenvalue weighted by Gasteiger charge is 2.23. The highest BCUT2D eigenvalue weighted by atomic mass is 15.3. The summed E-state index contributed by atoms with van der Waals surface area (Å²) in [4.78, 5) is 18.1. The summed E-state index contributed by atoms with van der Waals surface area (Å²) in [5.41, 5.74) is 1.79. The molecule has 0 atom stereocenters. The Labute approximate surface area is 156 Å². The van der Waals surface area contributed by atoms with Crippen LogP contribution in [0.5, 0.6) is 0 Å². The Bertz CT molecular complexity index is 1100. The van der Waals surface area contributed by atoms with Crippen LogP contribution in [0.4, 0.5) is 11.6 Å². The number of rotatable bonds is 3. The normalized spacial score (nSPS) is 15.2. The molecule has 0 spiro atoms. The topological polar surface area (TPSA) is 80.3 Å². The van der Waals surface area contributed by atoms with Crippen LogP contribution in [-0.4, -0.2) is 60.3 Å². The number of piperazine rings is 1. The van der Waals surface area contributed by atoms with Gasteiger partial charge in [0, 0.05) is 58.2 Å². The second-order valence-corrected chi connectivity index (χ2v) is 6.75. The molecule has 0 radical (unpaired) electrons. The average Bonchev–Trinajstić information content (AvgIpc) is 3.31. The van der Waals surface area contributed by atoms with Crippen LogP contribution in [0, 0.1) is 0 Å². The summed E-state index contributed by atoms with van der Waals surface area (Å²) in [5, 5.41) is 9.74. The van der Waals surface area contributed by atoms with Gasteiger partial charge in [0.1, 0.15) is 23.6 Å². The van der Waals surface area contributed by atoms with Gasteiger partial charge in [-0.25, -0.2) is 15.0 Å². The van der Waals surface area contributed by atoms with E-state index in [4.69, 9.17) is 0 Å². The molecule has 1 aliphatic rings. The van der Waals surface area contributed by atoms with E-state index in [1.807, 2.05) is 34.6 Å². The van der Waals surface area contributed by atoms with E-state index in [1.165, 1.54) is 0 Å². The summed E-state index contributed by atoms with van der Waals surface area (Å²) in [6.07, 6.45) is 8.28. The minimum Gasteiger partial charge on any atom is -0.352 e. The summed E-state index contributed by atoms with van der Waals surface area (Å²) in [7, 11) is 2.01. The molecule has 0 unspecified atom stereocenters. The summed E-state index contributed by atoms with van der Waals surface area (Å²) in [5.74, 6) is 2.86. The van der Waals surface area contributed by atoms with E-state index < -0.39 is 0 Å². The molecule has 4 aromatic rings. The van der Waals surface area contributed by atoms with Gasteiger partial charge in [-0.15, -0.1) is 10.2 Å². The van der Waals surface area contributed by atoms with Crippen molar-refractivity contribution < 1.29 is 0 Å². The fraction of sp³-hybridized carbons (Fsp3) is 0.389. The van der Waals surface area contributed by atoms with Gasteiger partial charge in [-0.2, -0.15) is 0 Å². The summed E-state index contributed by atoms with van der Waals surface area (Å²) in [6.45, 7) is 5.55. The van der Waals surface area contributed by atoms with Gasteiger partial charge in [0.2, 0.25) is 5.65 Å². The first-order valence-corrected chi connectivity index (χ1v) is 9.21. The number of hydrogen-bond donors (Lipinski definition) is 0. The number of nitrogens with zero attached hydrogens (tertiary/aromatic N) is 9. The van der Waals surface area contributed by atoms with Crippen LogP contribution in [0.2, 0.25) is 0 Å². The molecule has 4 aromatic heterocycles. The molecule has 5 rings (SSSR count). The van der Waals surface area contributed by atoms with Gasteiger partial charge < -0.3 is 14.4 Å². The molecule has 0 saturated carbocycles. The lowest BCUT2D eigenvalue weighted by atomic mass is 10.2. The zero-order valence-electron chi connectivity index (χ0n) is 15.4. The zero-order chi connectivity index (χ0) is 18.4. The lowest BCUT2D eigenvalue weighted by Crippen LogP contribution is -2.47. The maximum atomic E-state index is 4.58. The molecule has 1 saturated heterocycles. The van der Waals surface area contributed by atoms with E-state index >= 15 is 0 Å². The minimum absolute atomic E-state index is 0.829. The van der Waals surface area contributed by atoms with Gasteiger partial charge in [0.05, 0.1) is 5.39 Å². The van der Waals surface area contributed by atoms with E-state index in [0.29, 0.717) is 0 Å². The molecule has 138 valence electrons. The van der Waals surface area contributed by atoms with Gasteiger partial charge in [-0.05, 0) is 6.07 Å². The number of aryl methyl sites for hydroxylation is 2. The molecule has 0 N–H and O–H groups in total. The zero-order valence-corrected chi connectivity index (χ0v) is 15.4. The van der Waals surface area contributed by atoms with Crippen LogP contribution in [0.3, 0.4) is 0 Å². The van der Waals surface area contributed by atoms with Crippen molar-refractivity contribution in [2.24, 2.45) is 7.05 Å². The average molecular weight is 363 g/mol.